The number of carboxylic acid groups (broad SMARTS) is 1. The van der Waals surface area contributed by atoms with E-state index < -0.39 is 5.97 Å². The van der Waals surface area contributed by atoms with Gasteiger partial charge < -0.3 is 14.7 Å². The first kappa shape index (κ1) is 16.2. The molecular formula is C18H20N2O4. The second kappa shape index (κ2) is 6.47. The van der Waals surface area contributed by atoms with Gasteiger partial charge in [0.2, 0.25) is 0 Å². The number of pyridine rings is 1. The second-order valence-corrected chi connectivity index (χ2v) is 6.07. The van der Waals surface area contributed by atoms with Gasteiger partial charge in [-0.25, -0.2) is 0 Å². The summed E-state index contributed by atoms with van der Waals surface area (Å²) in [5.74, 6) is -0.295. The molecule has 1 aliphatic heterocycles. The standard InChI is InChI=1S/C18H20N2O4/c1-11-15(8-12-5-6-14(24-2)10-16(12)19-11)18(23)20-7-3-4-13(20)9-17(21)22/h5-6,8,10,13H,3-4,7,9H2,1-2H3,(H,21,22). The number of carboxylic acids is 1. The lowest BCUT2D eigenvalue weighted by molar-refractivity contribution is -0.137. The van der Waals surface area contributed by atoms with Crippen molar-refractivity contribution in [3.05, 3.63) is 35.5 Å². The van der Waals surface area contributed by atoms with Crippen LogP contribution in [0.2, 0.25) is 0 Å². The molecular weight excluding hydrogens is 308 g/mol. The van der Waals surface area contributed by atoms with Crippen LogP contribution in [0, 0.1) is 6.92 Å². The summed E-state index contributed by atoms with van der Waals surface area (Å²) in [5.41, 5.74) is 1.94. The van der Waals surface area contributed by atoms with E-state index in [4.69, 9.17) is 9.84 Å². The molecule has 3 rings (SSSR count). The molecule has 1 unspecified atom stereocenters. The number of benzene rings is 1. The molecule has 2 heterocycles. The van der Waals surface area contributed by atoms with E-state index >= 15 is 0 Å². The van der Waals surface area contributed by atoms with Crippen LogP contribution < -0.4 is 4.74 Å². The number of likely N-dealkylation sites (tertiary alicyclic amines) is 1. The number of aliphatic carboxylic acids is 1. The van der Waals surface area contributed by atoms with Crippen molar-refractivity contribution < 1.29 is 19.4 Å². The Balaban J connectivity index is 1.94. The lowest BCUT2D eigenvalue weighted by Crippen LogP contribution is -2.37. The summed E-state index contributed by atoms with van der Waals surface area (Å²) in [6.07, 6.45) is 1.55. The number of fused-ring (bicyclic) bond motifs is 1. The lowest BCUT2D eigenvalue weighted by atomic mass is 10.1. The number of ether oxygens (including phenoxy) is 1. The summed E-state index contributed by atoms with van der Waals surface area (Å²) in [6.45, 7) is 2.39. The first-order valence-corrected chi connectivity index (χ1v) is 7.97. The lowest BCUT2D eigenvalue weighted by Gasteiger charge is -2.24. The van der Waals surface area contributed by atoms with Gasteiger partial charge in [-0.2, -0.15) is 0 Å². The molecule has 1 atom stereocenters. The van der Waals surface area contributed by atoms with Gasteiger partial charge >= 0.3 is 5.97 Å². The van der Waals surface area contributed by atoms with Gasteiger partial charge in [-0.3, -0.25) is 14.6 Å². The van der Waals surface area contributed by atoms with Crippen molar-refractivity contribution in [2.24, 2.45) is 0 Å². The van der Waals surface area contributed by atoms with Crippen LogP contribution in [0.15, 0.2) is 24.3 Å². The summed E-state index contributed by atoms with van der Waals surface area (Å²) in [5, 5.41) is 9.89. The molecule has 1 aliphatic rings. The maximum Gasteiger partial charge on any atom is 0.305 e. The number of carbonyl (C=O) groups is 2. The number of hydrogen-bond acceptors (Lipinski definition) is 4. The van der Waals surface area contributed by atoms with Crippen LogP contribution >= 0.6 is 0 Å². The first-order chi connectivity index (χ1) is 11.5. The highest BCUT2D eigenvalue weighted by atomic mass is 16.5. The Morgan fingerprint density at radius 3 is 2.88 bits per heavy atom. The van der Waals surface area contributed by atoms with Gasteiger partial charge in [0.05, 0.1) is 30.3 Å². The number of carbonyl (C=O) groups excluding carboxylic acids is 1. The molecule has 0 bridgehead atoms. The minimum atomic E-state index is -0.875. The van der Waals surface area contributed by atoms with E-state index in [-0.39, 0.29) is 18.4 Å². The van der Waals surface area contributed by atoms with Crippen LogP contribution in [-0.2, 0) is 4.79 Å². The van der Waals surface area contributed by atoms with E-state index in [1.165, 1.54) is 0 Å². The molecule has 1 N–H and O–H groups in total. The molecule has 0 spiro atoms. The number of nitrogens with zero attached hydrogens (tertiary/aromatic N) is 2. The summed E-state index contributed by atoms with van der Waals surface area (Å²) in [4.78, 5) is 30.1. The van der Waals surface area contributed by atoms with Gasteiger partial charge in [-0.05, 0) is 38.0 Å². The highest BCUT2D eigenvalue weighted by Crippen LogP contribution is 2.26. The maximum absolute atomic E-state index is 12.9. The van der Waals surface area contributed by atoms with Crippen LogP contribution in [0.25, 0.3) is 10.9 Å². The van der Waals surface area contributed by atoms with Crippen LogP contribution in [-0.4, -0.2) is 46.6 Å². The van der Waals surface area contributed by atoms with Crippen LogP contribution in [0.4, 0.5) is 0 Å². The van der Waals surface area contributed by atoms with Crippen molar-refractivity contribution in [2.45, 2.75) is 32.2 Å². The van der Waals surface area contributed by atoms with Gasteiger partial charge in [0.25, 0.3) is 5.91 Å². The van der Waals surface area contributed by atoms with Crippen molar-refractivity contribution in [2.75, 3.05) is 13.7 Å². The Morgan fingerprint density at radius 1 is 1.38 bits per heavy atom. The van der Waals surface area contributed by atoms with Crippen LogP contribution in [0.3, 0.4) is 0 Å². The smallest absolute Gasteiger partial charge is 0.305 e. The van der Waals surface area contributed by atoms with E-state index in [0.717, 1.165) is 29.5 Å². The Hall–Kier alpha value is -2.63. The van der Waals surface area contributed by atoms with Crippen molar-refractivity contribution in [3.8, 4) is 5.75 Å². The van der Waals surface area contributed by atoms with Crippen LogP contribution in [0.5, 0.6) is 5.75 Å². The Morgan fingerprint density at radius 2 is 2.17 bits per heavy atom. The molecule has 6 heteroatoms. The fraction of sp³-hybridized carbons (Fsp3) is 0.389. The van der Waals surface area contributed by atoms with E-state index in [1.54, 1.807) is 18.9 Å². The fourth-order valence-corrected chi connectivity index (χ4v) is 3.26. The summed E-state index contributed by atoms with van der Waals surface area (Å²) in [7, 11) is 1.60. The number of aryl methyl sites for hydroxylation is 1. The first-order valence-electron chi connectivity index (χ1n) is 7.97. The zero-order valence-corrected chi connectivity index (χ0v) is 13.8. The molecule has 0 aliphatic carbocycles. The van der Waals surface area contributed by atoms with Gasteiger partial charge in [0, 0.05) is 24.0 Å². The molecule has 6 nitrogen and oxygen atoms in total. The SMILES string of the molecule is COc1ccc2cc(C(=O)N3CCCC3CC(=O)O)c(C)nc2c1. The normalized spacial score (nSPS) is 17.2. The second-order valence-electron chi connectivity index (χ2n) is 6.07. The number of amides is 1. The van der Waals surface area contributed by atoms with Crippen molar-refractivity contribution in [1.29, 1.82) is 0 Å². The minimum absolute atomic E-state index is 0.0109. The van der Waals surface area contributed by atoms with Gasteiger partial charge in [0.1, 0.15) is 5.75 Å². The largest absolute Gasteiger partial charge is 0.497 e. The van der Waals surface area contributed by atoms with E-state index in [0.29, 0.717) is 17.8 Å². The van der Waals surface area contributed by atoms with Crippen molar-refractivity contribution >= 4 is 22.8 Å². The highest BCUT2D eigenvalue weighted by Gasteiger charge is 2.31. The monoisotopic (exact) mass is 328 g/mol. The number of methoxy groups -OCH3 is 1. The highest BCUT2D eigenvalue weighted by molar-refractivity contribution is 5.99. The van der Waals surface area contributed by atoms with E-state index in [2.05, 4.69) is 4.98 Å². The topological polar surface area (TPSA) is 79.7 Å². The molecule has 1 amide bonds. The molecule has 24 heavy (non-hydrogen) atoms. The predicted molar refractivity (Wildman–Crippen MR) is 89.3 cm³/mol. The van der Waals surface area contributed by atoms with E-state index in [1.807, 2.05) is 24.3 Å². The Kier molecular flexibility index (Phi) is 4.38. The average molecular weight is 328 g/mol. The third-order valence-electron chi connectivity index (χ3n) is 4.49. The third-order valence-corrected chi connectivity index (χ3v) is 4.49. The Labute approximate surface area is 140 Å². The molecule has 1 fully saturated rings. The number of hydrogen-bond donors (Lipinski definition) is 1. The average Bonchev–Trinajstić information content (AvgIpc) is 3.00. The Bertz CT molecular complexity index is 803. The summed E-state index contributed by atoms with van der Waals surface area (Å²) >= 11 is 0. The molecule has 0 saturated carbocycles. The molecule has 0 radical (unpaired) electrons. The number of rotatable bonds is 4. The molecule has 1 saturated heterocycles. The van der Waals surface area contributed by atoms with Crippen molar-refractivity contribution in [3.63, 3.8) is 0 Å². The van der Waals surface area contributed by atoms with E-state index in [9.17, 15) is 9.59 Å². The third kappa shape index (κ3) is 3.04. The predicted octanol–water partition coefficient (Wildman–Crippen LogP) is 2.63. The molecule has 126 valence electrons. The zero-order valence-electron chi connectivity index (χ0n) is 13.8. The number of aromatic nitrogens is 1. The fourth-order valence-electron chi connectivity index (χ4n) is 3.26. The summed E-state index contributed by atoms with van der Waals surface area (Å²) < 4.78 is 5.20. The summed E-state index contributed by atoms with van der Waals surface area (Å²) in [6, 6.07) is 7.13. The van der Waals surface area contributed by atoms with Gasteiger partial charge in [-0.15, -0.1) is 0 Å². The van der Waals surface area contributed by atoms with Crippen LogP contribution in [0.1, 0.15) is 35.3 Å². The molecule has 1 aromatic heterocycles. The van der Waals surface area contributed by atoms with Gasteiger partial charge in [0.15, 0.2) is 0 Å². The zero-order chi connectivity index (χ0) is 17.3. The van der Waals surface area contributed by atoms with Gasteiger partial charge in [-0.1, -0.05) is 0 Å². The van der Waals surface area contributed by atoms with Crippen molar-refractivity contribution in [1.82, 2.24) is 9.88 Å². The maximum atomic E-state index is 12.9. The minimum Gasteiger partial charge on any atom is -0.497 e. The quantitative estimate of drug-likeness (QED) is 0.933. The molecule has 1 aromatic carbocycles. The molecule has 2 aromatic rings.